The second kappa shape index (κ2) is 4.30. The van der Waals surface area contributed by atoms with Gasteiger partial charge in [-0.1, -0.05) is 0 Å². The summed E-state index contributed by atoms with van der Waals surface area (Å²) in [7, 11) is 0. The number of carbonyl (C=O) groups is 2. The van der Waals surface area contributed by atoms with Crippen LogP contribution in [0.15, 0.2) is 0 Å². The summed E-state index contributed by atoms with van der Waals surface area (Å²) in [6, 6.07) is 0. The van der Waals surface area contributed by atoms with Gasteiger partial charge in [-0.15, -0.1) is 0 Å². The van der Waals surface area contributed by atoms with E-state index in [-0.39, 0.29) is 0 Å². The van der Waals surface area contributed by atoms with Crippen LogP contribution >= 0.6 is 0 Å². The summed E-state index contributed by atoms with van der Waals surface area (Å²) in [6.45, 7) is 0. The molecule has 10 nitrogen and oxygen atoms in total. The predicted molar refractivity (Wildman–Crippen MR) is 41.2 cm³/mol. The molecule has 0 bridgehead atoms. The first-order chi connectivity index (χ1) is 6.72. The van der Waals surface area contributed by atoms with Crippen LogP contribution in [0.2, 0.25) is 0 Å². The fourth-order valence-corrected chi connectivity index (χ4v) is 0.872. The summed E-state index contributed by atoms with van der Waals surface area (Å²) in [4.78, 5) is 38.1. The maximum absolute atomic E-state index is 10.4. The van der Waals surface area contributed by atoms with Gasteiger partial charge in [0.1, 0.15) is 0 Å². The Morgan fingerprint density at radius 1 is 1.00 bits per heavy atom. The van der Waals surface area contributed by atoms with Crippen LogP contribution in [0, 0.1) is 20.2 Å². The van der Waals surface area contributed by atoms with Crippen molar-refractivity contribution in [2.45, 2.75) is 18.5 Å². The van der Waals surface area contributed by atoms with Crippen LogP contribution in [0.4, 0.5) is 0 Å². The lowest BCUT2D eigenvalue weighted by Crippen LogP contribution is -2.49. The highest BCUT2D eigenvalue weighted by molar-refractivity contribution is 5.71. The van der Waals surface area contributed by atoms with Gasteiger partial charge in [0.25, 0.3) is 0 Å². The highest BCUT2D eigenvalue weighted by Gasteiger charge is 2.59. The largest absolute Gasteiger partial charge is 0.481 e. The molecule has 0 saturated heterocycles. The van der Waals surface area contributed by atoms with Crippen molar-refractivity contribution in [1.82, 2.24) is 0 Å². The van der Waals surface area contributed by atoms with Gasteiger partial charge in [-0.05, 0) is 0 Å². The molecule has 2 N–H and O–H groups in total. The van der Waals surface area contributed by atoms with Gasteiger partial charge in [-0.25, -0.2) is 0 Å². The minimum Gasteiger partial charge on any atom is -0.481 e. The van der Waals surface area contributed by atoms with Gasteiger partial charge in [-0.2, -0.15) is 0 Å². The van der Waals surface area contributed by atoms with Crippen LogP contribution in [0.5, 0.6) is 0 Å². The number of nitro groups is 2. The van der Waals surface area contributed by atoms with E-state index in [4.69, 9.17) is 10.2 Å². The highest BCUT2D eigenvalue weighted by atomic mass is 16.7. The molecule has 0 aromatic carbocycles. The topological polar surface area (TPSA) is 161 Å². The minimum atomic E-state index is -3.21. The third-order valence-electron chi connectivity index (χ3n) is 1.55. The predicted octanol–water partition coefficient (Wildman–Crippen LogP) is -0.814. The average Bonchev–Trinajstić information content (AvgIpc) is 1.99. The first kappa shape index (κ1) is 12.7. The lowest BCUT2D eigenvalue weighted by molar-refractivity contribution is -0.794. The first-order valence-corrected chi connectivity index (χ1v) is 3.45. The summed E-state index contributed by atoms with van der Waals surface area (Å²) >= 11 is 0. The lowest BCUT2D eigenvalue weighted by Gasteiger charge is -2.12. The second-order valence-electron chi connectivity index (χ2n) is 2.64. The van der Waals surface area contributed by atoms with Crippen LogP contribution in [-0.4, -0.2) is 37.7 Å². The number of nitrogens with zero attached hydrogens (tertiary/aromatic N) is 2. The molecule has 0 unspecified atom stereocenters. The van der Waals surface area contributed by atoms with E-state index < -0.39 is 40.3 Å². The maximum atomic E-state index is 10.4. The molecular weight excluding hydrogens is 216 g/mol. The molecule has 84 valence electrons. The molecule has 0 heterocycles. The Morgan fingerprint density at radius 3 is 1.40 bits per heavy atom. The van der Waals surface area contributed by atoms with E-state index in [1.807, 2.05) is 0 Å². The Labute approximate surface area is 81.4 Å². The van der Waals surface area contributed by atoms with Crippen molar-refractivity contribution in [1.29, 1.82) is 0 Å². The van der Waals surface area contributed by atoms with E-state index in [1.165, 1.54) is 0 Å². The summed E-state index contributed by atoms with van der Waals surface area (Å²) in [5, 5.41) is 37.3. The number of carboxylic acids is 2. The van der Waals surface area contributed by atoms with Crippen molar-refractivity contribution in [2.75, 3.05) is 0 Å². The van der Waals surface area contributed by atoms with Crippen molar-refractivity contribution in [2.24, 2.45) is 0 Å². The zero-order chi connectivity index (χ0) is 12.2. The zero-order valence-corrected chi connectivity index (χ0v) is 7.15. The zero-order valence-electron chi connectivity index (χ0n) is 7.15. The molecule has 0 aliphatic heterocycles. The van der Waals surface area contributed by atoms with Crippen LogP contribution in [0.1, 0.15) is 12.8 Å². The standard InChI is InChI=1S/C5H6N2O8/c8-3(9)1-5(6(12)13,7(14)15)2-4(10)11/h1-2H2,(H,8,9)(H,10,11). The van der Waals surface area contributed by atoms with Gasteiger partial charge in [0.05, 0.1) is 9.85 Å². The molecule has 0 aliphatic rings. The van der Waals surface area contributed by atoms with Crippen LogP contribution in [0.25, 0.3) is 0 Å². The van der Waals surface area contributed by atoms with Gasteiger partial charge < -0.3 is 10.2 Å². The normalized spacial score (nSPS) is 10.7. The Bertz CT molecular complexity index is 291. The van der Waals surface area contributed by atoms with E-state index in [0.717, 1.165) is 0 Å². The Balaban J connectivity index is 5.26. The van der Waals surface area contributed by atoms with Crippen LogP contribution in [-0.2, 0) is 9.59 Å². The molecule has 0 radical (unpaired) electrons. The molecule has 0 spiro atoms. The Kier molecular flexibility index (Phi) is 3.65. The molecule has 0 fully saturated rings. The summed E-state index contributed by atoms with van der Waals surface area (Å²) < 4.78 is 0. The molecule has 0 saturated carbocycles. The Morgan fingerprint density at radius 2 is 1.27 bits per heavy atom. The Hall–Kier alpha value is -2.26. The molecular formula is C5H6N2O8. The number of aliphatic carboxylic acids is 2. The molecule has 0 aliphatic carbocycles. The quantitative estimate of drug-likeness (QED) is 0.334. The first-order valence-electron chi connectivity index (χ1n) is 3.45. The van der Waals surface area contributed by atoms with E-state index in [9.17, 15) is 29.8 Å². The fraction of sp³-hybridized carbons (Fsp3) is 0.600. The smallest absolute Gasteiger partial charge is 0.479 e. The highest BCUT2D eigenvalue weighted by Crippen LogP contribution is 2.20. The van der Waals surface area contributed by atoms with Gasteiger partial charge in [0.2, 0.25) is 0 Å². The van der Waals surface area contributed by atoms with Crippen LogP contribution < -0.4 is 0 Å². The van der Waals surface area contributed by atoms with Crippen molar-refractivity contribution < 1.29 is 29.6 Å². The van der Waals surface area contributed by atoms with E-state index in [0.29, 0.717) is 0 Å². The molecule has 15 heavy (non-hydrogen) atoms. The number of rotatable bonds is 6. The van der Waals surface area contributed by atoms with Crippen molar-refractivity contribution in [3.8, 4) is 0 Å². The molecule has 0 rings (SSSR count). The third kappa shape index (κ3) is 2.86. The summed E-state index contributed by atoms with van der Waals surface area (Å²) in [6.07, 6.45) is -2.97. The maximum Gasteiger partial charge on any atom is 0.479 e. The number of hydrogen-bond acceptors (Lipinski definition) is 6. The molecule has 0 aromatic heterocycles. The molecule has 0 amide bonds. The van der Waals surface area contributed by atoms with Crippen molar-refractivity contribution in [3.05, 3.63) is 20.2 Å². The average molecular weight is 222 g/mol. The fourth-order valence-electron chi connectivity index (χ4n) is 0.872. The number of hydrogen-bond donors (Lipinski definition) is 2. The van der Waals surface area contributed by atoms with Gasteiger partial charge in [0, 0.05) is 0 Å². The molecule has 10 heteroatoms. The van der Waals surface area contributed by atoms with Crippen molar-refractivity contribution >= 4 is 11.9 Å². The van der Waals surface area contributed by atoms with E-state index >= 15 is 0 Å². The van der Waals surface area contributed by atoms with Gasteiger partial charge in [-0.3, -0.25) is 29.8 Å². The number of carboxylic acid groups (broad SMARTS) is 2. The minimum absolute atomic E-state index is 1.49. The summed E-state index contributed by atoms with van der Waals surface area (Å²) in [5.74, 6) is -3.63. The summed E-state index contributed by atoms with van der Waals surface area (Å²) in [5.41, 5.74) is -3.21. The SMILES string of the molecule is O=C(O)CC(CC(=O)O)([N+](=O)[O-])[N+](=O)[O-]. The monoisotopic (exact) mass is 222 g/mol. The third-order valence-corrected chi connectivity index (χ3v) is 1.55. The molecule has 0 aromatic rings. The second-order valence-corrected chi connectivity index (χ2v) is 2.64. The van der Waals surface area contributed by atoms with Gasteiger partial charge in [0.15, 0.2) is 12.8 Å². The van der Waals surface area contributed by atoms with Crippen molar-refractivity contribution in [3.63, 3.8) is 0 Å². The van der Waals surface area contributed by atoms with E-state index in [1.54, 1.807) is 0 Å². The van der Waals surface area contributed by atoms with Gasteiger partial charge >= 0.3 is 17.6 Å². The molecule has 0 atom stereocenters. The lowest BCUT2D eigenvalue weighted by atomic mass is 10.0. The van der Waals surface area contributed by atoms with Crippen LogP contribution in [0.3, 0.4) is 0 Å². The van der Waals surface area contributed by atoms with E-state index in [2.05, 4.69) is 0 Å².